The lowest BCUT2D eigenvalue weighted by atomic mass is 9.62. The van der Waals surface area contributed by atoms with Gasteiger partial charge in [-0.05, 0) is 102 Å². The summed E-state index contributed by atoms with van der Waals surface area (Å²) in [5, 5.41) is 3.02. The van der Waals surface area contributed by atoms with E-state index in [2.05, 4.69) is 68.0 Å². The first-order valence-electron chi connectivity index (χ1n) is 11.7. The van der Waals surface area contributed by atoms with Gasteiger partial charge in [0.05, 0.1) is 0 Å². The standard InChI is InChI=1S/C29H34BrNO2/c1-17-14-23-24(29(6,7)11-10-28(23,4)5)16-20(17)15-22-8-9-25(33-22)27(32)31-26-18(2)12-21(30)13-19(26)3/h8-9,12-14,16H,10-11,15H2,1-7H3,(H,31,32). The highest BCUT2D eigenvalue weighted by Crippen LogP contribution is 2.46. The van der Waals surface area contributed by atoms with Crippen molar-refractivity contribution in [3.63, 3.8) is 0 Å². The number of aryl methyl sites for hydroxylation is 3. The van der Waals surface area contributed by atoms with Crippen LogP contribution in [0.15, 0.2) is 45.3 Å². The van der Waals surface area contributed by atoms with Crippen molar-refractivity contribution in [1.82, 2.24) is 0 Å². The molecule has 1 aliphatic rings. The SMILES string of the molecule is Cc1cc2c(cc1Cc1ccc(C(=O)Nc3c(C)cc(Br)cc3C)o1)C(C)(C)CCC2(C)C. The minimum atomic E-state index is -0.222. The predicted octanol–water partition coefficient (Wildman–Crippen LogP) is 8.16. The Morgan fingerprint density at radius 2 is 1.48 bits per heavy atom. The van der Waals surface area contributed by atoms with Gasteiger partial charge in [-0.3, -0.25) is 4.79 Å². The third-order valence-corrected chi connectivity index (χ3v) is 7.75. The van der Waals surface area contributed by atoms with Crippen LogP contribution in [-0.2, 0) is 17.3 Å². The summed E-state index contributed by atoms with van der Waals surface area (Å²) in [5.41, 5.74) is 8.69. The zero-order chi connectivity index (χ0) is 24.1. The van der Waals surface area contributed by atoms with Gasteiger partial charge in [-0.2, -0.15) is 0 Å². The van der Waals surface area contributed by atoms with Crippen LogP contribution in [0, 0.1) is 20.8 Å². The third-order valence-electron chi connectivity index (χ3n) is 7.30. The van der Waals surface area contributed by atoms with E-state index < -0.39 is 0 Å². The number of amides is 1. The van der Waals surface area contributed by atoms with Crippen molar-refractivity contribution in [2.75, 3.05) is 5.32 Å². The Balaban J connectivity index is 1.58. The molecule has 0 bridgehead atoms. The van der Waals surface area contributed by atoms with Gasteiger partial charge < -0.3 is 9.73 Å². The van der Waals surface area contributed by atoms with Gasteiger partial charge in [0, 0.05) is 16.6 Å². The van der Waals surface area contributed by atoms with Crippen molar-refractivity contribution < 1.29 is 9.21 Å². The zero-order valence-electron chi connectivity index (χ0n) is 20.8. The average molecular weight is 509 g/mol. The van der Waals surface area contributed by atoms with Gasteiger partial charge in [-0.15, -0.1) is 0 Å². The van der Waals surface area contributed by atoms with E-state index in [1.165, 1.54) is 35.1 Å². The molecular formula is C29H34BrNO2. The van der Waals surface area contributed by atoms with E-state index in [9.17, 15) is 4.79 Å². The number of nitrogens with one attached hydrogen (secondary N) is 1. The number of furan rings is 1. The molecule has 4 rings (SSSR count). The molecular weight excluding hydrogens is 474 g/mol. The molecule has 1 heterocycles. The number of fused-ring (bicyclic) bond motifs is 1. The zero-order valence-corrected chi connectivity index (χ0v) is 22.4. The van der Waals surface area contributed by atoms with Crippen molar-refractivity contribution >= 4 is 27.5 Å². The summed E-state index contributed by atoms with van der Waals surface area (Å²) in [6.07, 6.45) is 3.08. The molecule has 0 radical (unpaired) electrons. The minimum absolute atomic E-state index is 0.169. The van der Waals surface area contributed by atoms with Gasteiger partial charge in [0.25, 0.3) is 5.91 Å². The Morgan fingerprint density at radius 1 is 0.909 bits per heavy atom. The van der Waals surface area contributed by atoms with Crippen LogP contribution < -0.4 is 5.32 Å². The smallest absolute Gasteiger partial charge is 0.291 e. The van der Waals surface area contributed by atoms with Gasteiger partial charge in [0.2, 0.25) is 0 Å². The molecule has 174 valence electrons. The molecule has 0 atom stereocenters. The largest absolute Gasteiger partial charge is 0.456 e. The highest BCUT2D eigenvalue weighted by atomic mass is 79.9. The molecule has 33 heavy (non-hydrogen) atoms. The van der Waals surface area contributed by atoms with E-state index in [1.54, 1.807) is 6.07 Å². The second-order valence-corrected chi connectivity index (χ2v) is 11.8. The van der Waals surface area contributed by atoms with E-state index >= 15 is 0 Å². The van der Waals surface area contributed by atoms with Crippen molar-refractivity contribution in [3.8, 4) is 0 Å². The molecule has 3 nitrogen and oxygen atoms in total. The molecule has 4 heteroatoms. The Kier molecular flexibility index (Phi) is 6.11. The number of hydrogen-bond donors (Lipinski definition) is 1. The van der Waals surface area contributed by atoms with Crippen molar-refractivity contribution in [3.05, 3.63) is 85.8 Å². The average Bonchev–Trinajstić information content (AvgIpc) is 3.18. The van der Waals surface area contributed by atoms with Gasteiger partial charge in [-0.25, -0.2) is 0 Å². The van der Waals surface area contributed by atoms with Crippen LogP contribution in [0.3, 0.4) is 0 Å². The Hall–Kier alpha value is -2.33. The second-order valence-electron chi connectivity index (χ2n) is 10.9. The number of halogens is 1. The van der Waals surface area contributed by atoms with Crippen LogP contribution in [0.5, 0.6) is 0 Å². The summed E-state index contributed by atoms with van der Waals surface area (Å²) < 4.78 is 7.00. The Bertz CT molecular complexity index is 1210. The Morgan fingerprint density at radius 3 is 2.09 bits per heavy atom. The number of hydrogen-bond acceptors (Lipinski definition) is 2. The van der Waals surface area contributed by atoms with Gasteiger partial charge >= 0.3 is 0 Å². The fraction of sp³-hybridized carbons (Fsp3) is 0.414. The lowest BCUT2D eigenvalue weighted by molar-refractivity contribution is 0.0995. The first-order chi connectivity index (χ1) is 15.4. The summed E-state index contributed by atoms with van der Waals surface area (Å²) in [6, 6.07) is 12.4. The molecule has 0 saturated carbocycles. The maximum Gasteiger partial charge on any atom is 0.291 e. The normalized spacial score (nSPS) is 16.4. The van der Waals surface area contributed by atoms with Gasteiger partial charge in [0.1, 0.15) is 5.76 Å². The summed E-state index contributed by atoms with van der Waals surface area (Å²) in [4.78, 5) is 12.9. The molecule has 1 aliphatic carbocycles. The lowest BCUT2D eigenvalue weighted by Crippen LogP contribution is -2.34. The number of rotatable bonds is 4. The quantitative estimate of drug-likeness (QED) is 0.386. The van der Waals surface area contributed by atoms with Crippen LogP contribution in [0.2, 0.25) is 0 Å². The summed E-state index contributed by atoms with van der Waals surface area (Å²) in [7, 11) is 0. The molecule has 0 aliphatic heterocycles. The summed E-state index contributed by atoms with van der Waals surface area (Å²) >= 11 is 3.50. The van der Waals surface area contributed by atoms with Crippen LogP contribution in [0.4, 0.5) is 5.69 Å². The lowest BCUT2D eigenvalue weighted by Gasteiger charge is -2.42. The minimum Gasteiger partial charge on any atom is -0.456 e. The molecule has 0 unspecified atom stereocenters. The molecule has 0 saturated heterocycles. The summed E-state index contributed by atoms with van der Waals surface area (Å²) in [5.74, 6) is 0.920. The van der Waals surface area contributed by atoms with Crippen molar-refractivity contribution in [2.45, 2.75) is 78.6 Å². The first-order valence-corrected chi connectivity index (χ1v) is 12.5. The predicted molar refractivity (Wildman–Crippen MR) is 140 cm³/mol. The number of benzene rings is 2. The van der Waals surface area contributed by atoms with Crippen molar-refractivity contribution in [1.29, 1.82) is 0 Å². The second kappa shape index (κ2) is 8.47. The van der Waals surface area contributed by atoms with E-state index in [1.807, 2.05) is 32.0 Å². The monoisotopic (exact) mass is 507 g/mol. The maximum atomic E-state index is 12.9. The molecule has 1 N–H and O–H groups in total. The fourth-order valence-electron chi connectivity index (χ4n) is 5.02. The number of carbonyl (C=O) groups excluding carboxylic acids is 1. The molecule has 3 aromatic rings. The molecule has 0 fully saturated rings. The van der Waals surface area contributed by atoms with Crippen LogP contribution in [0.1, 0.15) is 90.2 Å². The fourth-order valence-corrected chi connectivity index (χ4v) is 5.71. The van der Waals surface area contributed by atoms with Crippen LogP contribution >= 0.6 is 15.9 Å². The number of carbonyl (C=O) groups is 1. The van der Waals surface area contributed by atoms with E-state index in [0.717, 1.165) is 27.0 Å². The van der Waals surface area contributed by atoms with Gasteiger partial charge in [-0.1, -0.05) is 55.8 Å². The highest BCUT2D eigenvalue weighted by molar-refractivity contribution is 9.10. The first kappa shape index (κ1) is 23.8. The molecule has 1 aromatic heterocycles. The van der Waals surface area contributed by atoms with Gasteiger partial charge in [0.15, 0.2) is 5.76 Å². The topological polar surface area (TPSA) is 42.2 Å². The Labute approximate surface area is 206 Å². The van der Waals surface area contributed by atoms with Crippen molar-refractivity contribution in [2.24, 2.45) is 0 Å². The van der Waals surface area contributed by atoms with Crippen LogP contribution in [-0.4, -0.2) is 5.91 Å². The number of anilines is 1. The van der Waals surface area contributed by atoms with E-state index in [0.29, 0.717) is 12.2 Å². The maximum absolute atomic E-state index is 12.9. The molecule has 0 spiro atoms. The van der Waals surface area contributed by atoms with E-state index in [4.69, 9.17) is 4.42 Å². The van der Waals surface area contributed by atoms with Crippen LogP contribution in [0.25, 0.3) is 0 Å². The summed E-state index contributed by atoms with van der Waals surface area (Å²) in [6.45, 7) is 15.6. The highest BCUT2D eigenvalue weighted by Gasteiger charge is 2.37. The van der Waals surface area contributed by atoms with E-state index in [-0.39, 0.29) is 16.7 Å². The third kappa shape index (κ3) is 4.68. The molecule has 2 aromatic carbocycles. The molecule has 1 amide bonds.